The van der Waals surface area contributed by atoms with Crippen LogP contribution in [0.25, 0.3) is 18.7 Å². The second-order valence-electron chi connectivity index (χ2n) is 9.68. The monoisotopic (exact) mass is 575 g/mol. The standard InChI is InChI=1S/C19H25N3O.C12H14F4.C2H6/c1-4-6-7-8-11-20-18-17(21-19(23)22-18)13-15-10-9-14(3)16(5-2)12-15;1-4-8-5-6-9(11(2,13)14)7-10(8)12(3,15)16;1-2/h5,9-10,12-13H,3-4,6-8,11H2,1-2H3,(H2,20,21,22,23);5-7H,4H2,1-3H3;1-2H3/b16-5-,17-13-;;. The van der Waals surface area contributed by atoms with Crippen LogP contribution in [0, 0.1) is 0 Å². The molecule has 1 heterocycles. The number of aliphatic imine (C=N–C) groups is 1. The van der Waals surface area contributed by atoms with E-state index in [1.165, 1.54) is 31.4 Å². The summed E-state index contributed by atoms with van der Waals surface area (Å²) in [5.74, 6) is -5.55. The van der Waals surface area contributed by atoms with Gasteiger partial charge in [-0.05, 0) is 59.5 Å². The number of amidine groups is 1. The van der Waals surface area contributed by atoms with Crippen LogP contribution in [0.3, 0.4) is 0 Å². The lowest BCUT2D eigenvalue weighted by Gasteiger charge is -2.18. The van der Waals surface area contributed by atoms with Gasteiger partial charge >= 0.3 is 6.03 Å². The molecule has 0 aliphatic carbocycles. The number of amides is 2. The molecule has 2 N–H and O–H groups in total. The van der Waals surface area contributed by atoms with Crippen molar-refractivity contribution in [1.82, 2.24) is 10.6 Å². The first-order chi connectivity index (χ1) is 19.3. The first-order valence-electron chi connectivity index (χ1n) is 14.3. The van der Waals surface area contributed by atoms with Crippen LogP contribution in [0.1, 0.15) is 96.4 Å². The molecule has 4 nitrogen and oxygen atoms in total. The van der Waals surface area contributed by atoms with Gasteiger partial charge in [-0.1, -0.05) is 83.9 Å². The summed E-state index contributed by atoms with van der Waals surface area (Å²) in [6.07, 6.45) is 9.02. The molecule has 0 aromatic heterocycles. The van der Waals surface area contributed by atoms with Crippen molar-refractivity contribution < 1.29 is 22.4 Å². The van der Waals surface area contributed by atoms with E-state index in [4.69, 9.17) is 0 Å². The van der Waals surface area contributed by atoms with Crippen molar-refractivity contribution in [3.63, 3.8) is 0 Å². The van der Waals surface area contributed by atoms with Crippen LogP contribution in [-0.2, 0) is 18.3 Å². The number of aryl methyl sites for hydroxylation is 1. The molecule has 0 spiro atoms. The van der Waals surface area contributed by atoms with Crippen LogP contribution in [0.2, 0.25) is 0 Å². The third-order valence-electron chi connectivity index (χ3n) is 6.28. The van der Waals surface area contributed by atoms with Gasteiger partial charge in [-0.15, -0.1) is 0 Å². The molecule has 3 rings (SSSR count). The fourth-order valence-electron chi connectivity index (χ4n) is 4.05. The summed E-state index contributed by atoms with van der Waals surface area (Å²) in [7, 11) is 0. The number of carbonyl (C=O) groups is 1. The number of carbonyl (C=O) groups excluding carboxylic acids is 1. The van der Waals surface area contributed by atoms with Gasteiger partial charge < -0.3 is 5.32 Å². The van der Waals surface area contributed by atoms with E-state index in [-0.39, 0.29) is 17.2 Å². The topological polar surface area (TPSA) is 53.5 Å². The van der Waals surface area contributed by atoms with Gasteiger partial charge in [0.1, 0.15) is 0 Å². The van der Waals surface area contributed by atoms with Crippen molar-refractivity contribution in [1.29, 1.82) is 0 Å². The van der Waals surface area contributed by atoms with E-state index in [0.717, 1.165) is 47.7 Å². The Balaban J connectivity index is 0.000000410. The Labute approximate surface area is 242 Å². The lowest BCUT2D eigenvalue weighted by atomic mass is 9.96. The lowest BCUT2D eigenvalue weighted by Crippen LogP contribution is -2.22. The first-order valence-corrected chi connectivity index (χ1v) is 14.3. The van der Waals surface area contributed by atoms with Crippen molar-refractivity contribution in [2.45, 2.75) is 92.4 Å². The maximum Gasteiger partial charge on any atom is 0.325 e. The summed E-state index contributed by atoms with van der Waals surface area (Å²) >= 11 is 0. The Bertz CT molecular complexity index is 1310. The van der Waals surface area contributed by atoms with Crippen LogP contribution in [0.5, 0.6) is 0 Å². The van der Waals surface area contributed by atoms with Crippen LogP contribution in [0.4, 0.5) is 22.4 Å². The fourth-order valence-corrected chi connectivity index (χ4v) is 4.05. The van der Waals surface area contributed by atoms with Crippen molar-refractivity contribution in [2.75, 3.05) is 6.54 Å². The normalized spacial score (nSPS) is 15.6. The highest BCUT2D eigenvalue weighted by molar-refractivity contribution is 6.16. The third kappa shape index (κ3) is 11.5. The number of alkyl halides is 4. The summed E-state index contributed by atoms with van der Waals surface area (Å²) < 4.78 is 52.5. The number of unbranched alkanes of at least 4 members (excludes halogenated alkanes) is 3. The smallest absolute Gasteiger partial charge is 0.304 e. The summed E-state index contributed by atoms with van der Waals surface area (Å²) in [5.41, 5.74) is 1.46. The van der Waals surface area contributed by atoms with E-state index in [1.54, 1.807) is 6.92 Å². The number of halogens is 4. The average Bonchev–Trinajstić information content (AvgIpc) is 3.28. The van der Waals surface area contributed by atoms with Gasteiger partial charge in [-0.3, -0.25) is 10.3 Å². The molecular weight excluding hydrogens is 530 g/mol. The molecule has 0 radical (unpaired) electrons. The number of urea groups is 1. The van der Waals surface area contributed by atoms with Crippen molar-refractivity contribution in [3.8, 4) is 0 Å². The molecule has 8 heteroatoms. The Hall–Kier alpha value is -3.42. The summed E-state index contributed by atoms with van der Waals surface area (Å²) in [4.78, 5) is 16.1. The van der Waals surface area contributed by atoms with Crippen LogP contribution in [0.15, 0.2) is 47.1 Å². The second kappa shape index (κ2) is 16.7. The van der Waals surface area contributed by atoms with Gasteiger partial charge in [0.25, 0.3) is 11.8 Å². The van der Waals surface area contributed by atoms with Crippen LogP contribution < -0.4 is 21.1 Å². The van der Waals surface area contributed by atoms with E-state index in [9.17, 15) is 22.4 Å². The van der Waals surface area contributed by atoms with E-state index in [0.29, 0.717) is 24.7 Å². The van der Waals surface area contributed by atoms with Crippen molar-refractivity contribution in [3.05, 3.63) is 74.8 Å². The molecule has 1 aliphatic heterocycles. The quantitative estimate of drug-likeness (QED) is 0.231. The molecule has 2 aromatic carbocycles. The van der Waals surface area contributed by atoms with Gasteiger partial charge in [-0.25, -0.2) is 22.4 Å². The number of nitrogens with one attached hydrogen (secondary N) is 2. The second-order valence-corrected chi connectivity index (χ2v) is 9.68. The zero-order chi connectivity index (χ0) is 31.2. The largest absolute Gasteiger partial charge is 0.325 e. The molecule has 2 aromatic rings. The van der Waals surface area contributed by atoms with Crippen LogP contribution in [-0.4, -0.2) is 18.4 Å². The Morgan fingerprint density at radius 3 is 2.17 bits per heavy atom. The van der Waals surface area contributed by atoms with Crippen molar-refractivity contribution >= 4 is 30.6 Å². The number of rotatable bonds is 9. The Morgan fingerprint density at radius 1 is 0.927 bits per heavy atom. The minimum Gasteiger partial charge on any atom is -0.304 e. The summed E-state index contributed by atoms with van der Waals surface area (Å²) in [5, 5.41) is 7.66. The molecule has 2 amide bonds. The van der Waals surface area contributed by atoms with Crippen molar-refractivity contribution in [2.24, 2.45) is 4.99 Å². The van der Waals surface area contributed by atoms with Gasteiger partial charge in [0.2, 0.25) is 0 Å². The predicted molar refractivity (Wildman–Crippen MR) is 164 cm³/mol. The Kier molecular flexibility index (Phi) is 14.5. The fraction of sp³-hybridized carbons (Fsp3) is 0.455. The number of hydrogen-bond donors (Lipinski definition) is 2. The van der Waals surface area contributed by atoms with Gasteiger partial charge in [0, 0.05) is 31.5 Å². The highest BCUT2D eigenvalue weighted by Gasteiger charge is 2.31. The first kappa shape index (κ1) is 35.6. The molecule has 1 saturated heterocycles. The zero-order valence-electron chi connectivity index (χ0n) is 25.4. The molecule has 0 atom stereocenters. The SMILES string of the molecule is C=c1ccc(/C=C2\NC(=O)NC2=NCCCCCC)c/c1=C/C.CC.CCc1ccc(C(C)(F)F)cc1C(C)(F)F. The maximum absolute atomic E-state index is 13.2. The predicted octanol–water partition coefficient (Wildman–Crippen LogP) is 8.03. The van der Waals surface area contributed by atoms with E-state index >= 15 is 0 Å². The van der Waals surface area contributed by atoms with Crippen LogP contribution >= 0.6 is 0 Å². The van der Waals surface area contributed by atoms with E-state index in [1.807, 2.05) is 45.1 Å². The minimum atomic E-state index is -3.09. The van der Waals surface area contributed by atoms with E-state index < -0.39 is 11.8 Å². The highest BCUT2D eigenvalue weighted by Crippen LogP contribution is 2.35. The van der Waals surface area contributed by atoms with Gasteiger partial charge in [0.05, 0.1) is 5.70 Å². The molecule has 226 valence electrons. The zero-order valence-corrected chi connectivity index (χ0v) is 25.4. The molecule has 0 unspecified atom stereocenters. The van der Waals surface area contributed by atoms with Gasteiger partial charge in [0.15, 0.2) is 5.84 Å². The highest BCUT2D eigenvalue weighted by atomic mass is 19.3. The summed E-state index contributed by atoms with van der Waals surface area (Å²) in [6, 6.07) is 9.25. The molecule has 0 saturated carbocycles. The molecule has 0 bridgehead atoms. The average molecular weight is 576 g/mol. The summed E-state index contributed by atoms with van der Waals surface area (Å²) in [6.45, 7) is 16.0. The van der Waals surface area contributed by atoms with E-state index in [2.05, 4.69) is 35.2 Å². The number of nitrogens with zero attached hydrogens (tertiary/aromatic N) is 1. The third-order valence-corrected chi connectivity index (χ3v) is 6.28. The molecule has 1 fully saturated rings. The Morgan fingerprint density at radius 2 is 1.61 bits per heavy atom. The number of hydrogen-bond acceptors (Lipinski definition) is 2. The van der Waals surface area contributed by atoms with Gasteiger partial charge in [-0.2, -0.15) is 0 Å². The lowest BCUT2D eigenvalue weighted by molar-refractivity contribution is 0.00999. The minimum absolute atomic E-state index is 0.223. The maximum atomic E-state index is 13.2. The number of benzene rings is 2. The molecule has 41 heavy (non-hydrogen) atoms. The molecule has 1 aliphatic rings. The molecular formula is C33H45F4N3O.